The van der Waals surface area contributed by atoms with Gasteiger partial charge in [0.15, 0.2) is 4.34 Å². The van der Waals surface area contributed by atoms with Gasteiger partial charge in [0.1, 0.15) is 22.1 Å². The van der Waals surface area contributed by atoms with Gasteiger partial charge < -0.3 is 4.74 Å². The molecule has 2 heterocycles. The molecule has 0 saturated carbocycles. The van der Waals surface area contributed by atoms with Gasteiger partial charge in [0.05, 0.1) is 15.3 Å². The van der Waals surface area contributed by atoms with Crippen molar-refractivity contribution in [2.75, 3.05) is 6.26 Å². The number of ether oxygens (including phenoxy) is 1. The number of hydrogen-bond donors (Lipinski definition) is 0. The van der Waals surface area contributed by atoms with E-state index in [1.165, 1.54) is 30.1 Å². The van der Waals surface area contributed by atoms with Gasteiger partial charge in [0, 0.05) is 7.05 Å². The van der Waals surface area contributed by atoms with Gasteiger partial charge in [-0.2, -0.15) is 13.9 Å². The third-order valence-corrected chi connectivity index (χ3v) is 5.79. The van der Waals surface area contributed by atoms with Crippen molar-refractivity contribution in [3.05, 3.63) is 21.9 Å². The van der Waals surface area contributed by atoms with Crippen LogP contribution in [0.25, 0.3) is 21.5 Å². The maximum absolute atomic E-state index is 14.6. The quantitative estimate of drug-likeness (QED) is 0.531. The molecule has 0 bridgehead atoms. The van der Waals surface area contributed by atoms with E-state index in [1.54, 1.807) is 0 Å². The van der Waals surface area contributed by atoms with Crippen LogP contribution in [0.4, 0.5) is 13.2 Å². The van der Waals surface area contributed by atoms with Crippen LogP contribution in [0.2, 0.25) is 10.0 Å². The van der Waals surface area contributed by atoms with E-state index >= 15 is 0 Å². The second-order valence-corrected chi connectivity index (χ2v) is 7.38. The van der Waals surface area contributed by atoms with Gasteiger partial charge in [-0.05, 0) is 12.3 Å². The first-order chi connectivity index (χ1) is 11.3. The second kappa shape index (κ2) is 6.62. The fourth-order valence-corrected chi connectivity index (χ4v) is 4.37. The first-order valence-corrected chi connectivity index (χ1v) is 9.13. The smallest absolute Gasteiger partial charge is 0.388 e. The zero-order valence-electron chi connectivity index (χ0n) is 12.1. The molecular formula is C13H8Cl2F3N3OS2. The van der Waals surface area contributed by atoms with Gasteiger partial charge in [-0.25, -0.2) is 14.1 Å². The van der Waals surface area contributed by atoms with E-state index in [0.717, 1.165) is 10.7 Å². The molecule has 128 valence electrons. The minimum atomic E-state index is -3.08. The highest BCUT2D eigenvalue weighted by Gasteiger charge is 2.26. The zero-order chi connectivity index (χ0) is 17.6. The molecule has 4 nitrogen and oxygen atoms in total. The molecule has 1 aromatic carbocycles. The van der Waals surface area contributed by atoms with E-state index < -0.39 is 12.4 Å². The molecule has 0 atom stereocenters. The van der Waals surface area contributed by atoms with Gasteiger partial charge in [-0.1, -0.05) is 35.0 Å². The van der Waals surface area contributed by atoms with Crippen molar-refractivity contribution in [1.29, 1.82) is 0 Å². The third-order valence-electron chi connectivity index (χ3n) is 3.10. The van der Waals surface area contributed by atoms with Crippen LogP contribution in [0.15, 0.2) is 10.4 Å². The number of alkyl halides is 2. The predicted molar refractivity (Wildman–Crippen MR) is 90.2 cm³/mol. The van der Waals surface area contributed by atoms with Crippen molar-refractivity contribution < 1.29 is 17.9 Å². The summed E-state index contributed by atoms with van der Waals surface area (Å²) in [4.78, 5) is 4.32. The van der Waals surface area contributed by atoms with Gasteiger partial charge in [0.2, 0.25) is 5.88 Å². The summed E-state index contributed by atoms with van der Waals surface area (Å²) in [5.41, 5.74) is 0.447. The number of aryl methyl sites for hydroxylation is 1. The van der Waals surface area contributed by atoms with Crippen molar-refractivity contribution in [3.8, 4) is 17.1 Å². The second-order valence-electron chi connectivity index (χ2n) is 4.55. The minimum Gasteiger partial charge on any atom is -0.416 e. The predicted octanol–water partition coefficient (Wildman–Crippen LogP) is 5.47. The van der Waals surface area contributed by atoms with E-state index in [9.17, 15) is 13.2 Å². The topological polar surface area (TPSA) is 39.9 Å². The molecule has 0 aliphatic rings. The molecule has 0 N–H and O–H groups in total. The van der Waals surface area contributed by atoms with Gasteiger partial charge in [-0.15, -0.1) is 11.3 Å². The fourth-order valence-electron chi connectivity index (χ4n) is 2.15. The summed E-state index contributed by atoms with van der Waals surface area (Å²) in [6.07, 6.45) is 1.82. The Hall–Kier alpha value is -1.16. The zero-order valence-corrected chi connectivity index (χ0v) is 15.3. The van der Waals surface area contributed by atoms with E-state index in [1.807, 2.05) is 6.26 Å². The summed E-state index contributed by atoms with van der Waals surface area (Å²) >= 11 is 14.7. The van der Waals surface area contributed by atoms with Crippen LogP contribution in [0.3, 0.4) is 0 Å². The molecule has 2 aromatic heterocycles. The van der Waals surface area contributed by atoms with Crippen LogP contribution in [-0.4, -0.2) is 27.6 Å². The number of nitrogens with zero attached hydrogens (tertiary/aromatic N) is 3. The molecule has 24 heavy (non-hydrogen) atoms. The Morgan fingerprint density at radius 1 is 1.38 bits per heavy atom. The average molecular weight is 414 g/mol. The Labute approximate surface area is 152 Å². The van der Waals surface area contributed by atoms with Crippen molar-refractivity contribution >= 4 is 56.5 Å². The first kappa shape index (κ1) is 17.7. The van der Waals surface area contributed by atoms with Crippen molar-refractivity contribution in [2.45, 2.75) is 11.0 Å². The summed E-state index contributed by atoms with van der Waals surface area (Å²) in [7, 11) is 1.37. The lowest BCUT2D eigenvalue weighted by Crippen LogP contribution is -2.06. The highest BCUT2D eigenvalue weighted by molar-refractivity contribution is 8.00. The summed E-state index contributed by atoms with van der Waals surface area (Å²) in [6, 6.07) is 1.10. The van der Waals surface area contributed by atoms with Gasteiger partial charge in [-0.3, -0.25) is 0 Å². The van der Waals surface area contributed by atoms with E-state index in [0.29, 0.717) is 14.6 Å². The molecule has 0 radical (unpaired) electrons. The minimum absolute atomic E-state index is 0.00899. The standard InChI is InChI=1S/C13H8Cl2F3N3OS2/c1-21-11(22-12(17)18)7(15)9(20-21)6-5(16)3-4(14)8-10(6)24-13(19-8)23-2/h3,12H,1-2H3. The van der Waals surface area contributed by atoms with Crippen LogP contribution in [-0.2, 0) is 7.05 Å². The Kier molecular flexibility index (Phi) is 4.87. The Morgan fingerprint density at radius 2 is 2.08 bits per heavy atom. The molecule has 0 aliphatic heterocycles. The summed E-state index contributed by atoms with van der Waals surface area (Å²) < 4.78 is 46.1. The maximum atomic E-state index is 14.6. The molecule has 3 rings (SSSR count). The molecule has 0 spiro atoms. The molecule has 0 amide bonds. The van der Waals surface area contributed by atoms with Crippen LogP contribution in [0, 0.1) is 5.82 Å². The lowest BCUT2D eigenvalue weighted by molar-refractivity contribution is -0.0552. The number of benzene rings is 1. The fraction of sp³-hybridized carbons (Fsp3) is 0.231. The molecular weight excluding hydrogens is 406 g/mol. The number of aromatic nitrogens is 3. The molecule has 0 unspecified atom stereocenters. The molecule has 11 heteroatoms. The Bertz CT molecular complexity index is 929. The van der Waals surface area contributed by atoms with Gasteiger partial charge >= 0.3 is 6.61 Å². The SMILES string of the molecule is CSc1nc2c(Cl)cc(F)c(-c3nn(C)c(OC(F)F)c3Cl)c2s1. The van der Waals surface area contributed by atoms with E-state index in [4.69, 9.17) is 23.2 Å². The van der Waals surface area contributed by atoms with Gasteiger partial charge in [0.25, 0.3) is 0 Å². The maximum Gasteiger partial charge on any atom is 0.388 e. The van der Waals surface area contributed by atoms with Crippen molar-refractivity contribution in [1.82, 2.24) is 14.8 Å². The molecule has 0 saturated heterocycles. The summed E-state index contributed by atoms with van der Waals surface area (Å²) in [5.74, 6) is -1.02. The van der Waals surface area contributed by atoms with Crippen LogP contribution >= 0.6 is 46.3 Å². The highest BCUT2D eigenvalue weighted by atomic mass is 35.5. The summed E-state index contributed by atoms with van der Waals surface area (Å²) in [5, 5.41) is 3.97. The molecule has 0 aliphatic carbocycles. The molecule has 3 aromatic rings. The lowest BCUT2D eigenvalue weighted by atomic mass is 10.1. The van der Waals surface area contributed by atoms with E-state index in [-0.39, 0.29) is 27.2 Å². The van der Waals surface area contributed by atoms with Crippen molar-refractivity contribution in [2.24, 2.45) is 7.05 Å². The van der Waals surface area contributed by atoms with E-state index in [2.05, 4.69) is 14.8 Å². The summed E-state index contributed by atoms with van der Waals surface area (Å²) in [6.45, 7) is -3.08. The van der Waals surface area contributed by atoms with Crippen molar-refractivity contribution in [3.63, 3.8) is 0 Å². The largest absolute Gasteiger partial charge is 0.416 e. The lowest BCUT2D eigenvalue weighted by Gasteiger charge is -2.04. The van der Waals surface area contributed by atoms with Crippen LogP contribution in [0.5, 0.6) is 5.88 Å². The number of fused-ring (bicyclic) bond motifs is 1. The van der Waals surface area contributed by atoms with Crippen LogP contribution in [0.1, 0.15) is 0 Å². The monoisotopic (exact) mass is 413 g/mol. The number of halogens is 5. The average Bonchev–Trinajstić information content (AvgIpc) is 3.04. The van der Waals surface area contributed by atoms with Crippen LogP contribution < -0.4 is 4.74 Å². The first-order valence-electron chi connectivity index (χ1n) is 6.33. The number of hydrogen-bond acceptors (Lipinski definition) is 5. The highest BCUT2D eigenvalue weighted by Crippen LogP contribution is 2.44. The third kappa shape index (κ3) is 2.94. The Balaban J connectivity index is 2.29. The number of rotatable bonds is 4. The normalized spacial score (nSPS) is 11.7. The Morgan fingerprint density at radius 3 is 2.71 bits per heavy atom. The number of thiazole rings is 1. The molecule has 0 fully saturated rings. The number of thioether (sulfide) groups is 1.